The number of aliphatic hydroxyl groups is 1. The van der Waals surface area contributed by atoms with Crippen LogP contribution in [0.1, 0.15) is 65.7 Å². The van der Waals surface area contributed by atoms with E-state index in [0.717, 1.165) is 38.5 Å². The molecule has 0 aliphatic heterocycles. The lowest BCUT2D eigenvalue weighted by atomic mass is 9.55. The summed E-state index contributed by atoms with van der Waals surface area (Å²) in [5.74, 6) is 0.573. The maximum atomic E-state index is 11.2. The number of hydrogen-bond donors (Lipinski definition) is 1. The zero-order valence-corrected chi connectivity index (χ0v) is 11.4. The molecule has 17 heavy (non-hydrogen) atoms. The predicted molar refractivity (Wildman–Crippen MR) is 68.3 cm³/mol. The lowest BCUT2D eigenvalue weighted by Gasteiger charge is -2.51. The lowest BCUT2D eigenvalue weighted by molar-refractivity contribution is -0.139. The van der Waals surface area contributed by atoms with Crippen molar-refractivity contribution in [1.29, 1.82) is 5.26 Å². The summed E-state index contributed by atoms with van der Waals surface area (Å²) in [6.07, 6.45) is 6.97. The average Bonchev–Trinajstić information content (AvgIpc) is 2.54. The van der Waals surface area contributed by atoms with Gasteiger partial charge in [0.2, 0.25) is 0 Å². The highest BCUT2D eigenvalue weighted by Gasteiger charge is 2.61. The molecule has 0 aromatic rings. The summed E-state index contributed by atoms with van der Waals surface area (Å²) in [4.78, 5) is 0. The molecule has 3 atom stereocenters. The van der Waals surface area contributed by atoms with Gasteiger partial charge in [-0.3, -0.25) is 0 Å². The fourth-order valence-electron chi connectivity index (χ4n) is 4.34. The van der Waals surface area contributed by atoms with E-state index in [1.165, 1.54) is 6.42 Å². The molecule has 0 aromatic heterocycles. The third-order valence-electron chi connectivity index (χ3n) is 5.46. The summed E-state index contributed by atoms with van der Waals surface area (Å²) >= 11 is 0. The SMILES string of the molecule is CC1CCCC(C#N)(C2(O)CCCC2(C)C)C1. The van der Waals surface area contributed by atoms with Crippen LogP contribution in [0, 0.1) is 28.1 Å². The predicted octanol–water partition coefficient (Wildman–Crippen LogP) is 3.65. The molecule has 2 fully saturated rings. The van der Waals surface area contributed by atoms with E-state index in [1.54, 1.807) is 0 Å². The second kappa shape index (κ2) is 3.99. The zero-order valence-electron chi connectivity index (χ0n) is 11.4. The van der Waals surface area contributed by atoms with E-state index in [-0.39, 0.29) is 5.41 Å². The van der Waals surface area contributed by atoms with Crippen molar-refractivity contribution in [2.75, 3.05) is 0 Å². The molecule has 0 bridgehead atoms. The maximum absolute atomic E-state index is 11.2. The monoisotopic (exact) mass is 235 g/mol. The molecule has 0 heterocycles. The van der Waals surface area contributed by atoms with Crippen LogP contribution in [-0.2, 0) is 0 Å². The highest BCUT2D eigenvalue weighted by Crippen LogP contribution is 2.60. The van der Waals surface area contributed by atoms with Gasteiger partial charge in [-0.25, -0.2) is 0 Å². The first kappa shape index (κ1) is 12.9. The van der Waals surface area contributed by atoms with Crippen LogP contribution in [-0.4, -0.2) is 10.7 Å². The van der Waals surface area contributed by atoms with Crippen molar-refractivity contribution in [2.45, 2.75) is 71.3 Å². The zero-order chi connectivity index (χ0) is 12.7. The van der Waals surface area contributed by atoms with Crippen molar-refractivity contribution < 1.29 is 5.11 Å². The summed E-state index contributed by atoms with van der Waals surface area (Å²) in [7, 11) is 0. The topological polar surface area (TPSA) is 44.0 Å². The van der Waals surface area contributed by atoms with Crippen LogP contribution < -0.4 is 0 Å². The van der Waals surface area contributed by atoms with Gasteiger partial charge in [0.15, 0.2) is 0 Å². The quantitative estimate of drug-likeness (QED) is 0.754. The Kier molecular flexibility index (Phi) is 3.02. The third kappa shape index (κ3) is 1.71. The lowest BCUT2D eigenvalue weighted by Crippen LogP contribution is -2.55. The van der Waals surface area contributed by atoms with E-state index < -0.39 is 11.0 Å². The Morgan fingerprint density at radius 3 is 2.35 bits per heavy atom. The van der Waals surface area contributed by atoms with Crippen molar-refractivity contribution in [3.8, 4) is 6.07 Å². The number of hydrogen-bond acceptors (Lipinski definition) is 2. The normalized spacial score (nSPS) is 45.5. The molecule has 3 unspecified atom stereocenters. The van der Waals surface area contributed by atoms with E-state index >= 15 is 0 Å². The smallest absolute Gasteiger partial charge is 0.0883 e. The van der Waals surface area contributed by atoms with Gasteiger partial charge < -0.3 is 5.11 Å². The van der Waals surface area contributed by atoms with Crippen molar-refractivity contribution in [2.24, 2.45) is 16.7 Å². The second-order valence-electron chi connectivity index (χ2n) is 6.99. The van der Waals surface area contributed by atoms with Crippen LogP contribution in [0.4, 0.5) is 0 Å². The Morgan fingerprint density at radius 2 is 1.88 bits per heavy atom. The van der Waals surface area contributed by atoms with Crippen LogP contribution >= 0.6 is 0 Å². The van der Waals surface area contributed by atoms with Gasteiger partial charge in [0, 0.05) is 0 Å². The summed E-state index contributed by atoms with van der Waals surface area (Å²) in [6.45, 7) is 6.49. The van der Waals surface area contributed by atoms with E-state index in [2.05, 4.69) is 26.8 Å². The molecule has 2 rings (SSSR count). The molecule has 2 nitrogen and oxygen atoms in total. The van der Waals surface area contributed by atoms with E-state index in [4.69, 9.17) is 0 Å². The molecular weight excluding hydrogens is 210 g/mol. The molecule has 2 heteroatoms. The molecule has 2 aliphatic rings. The van der Waals surface area contributed by atoms with E-state index in [1.807, 2.05) is 0 Å². The standard InChI is InChI=1S/C15H25NO/c1-12-6-4-8-14(10-12,11-16)15(17)9-5-7-13(15,2)3/h12,17H,4-10H2,1-3H3. The van der Waals surface area contributed by atoms with Crippen molar-refractivity contribution in [3.05, 3.63) is 0 Å². The largest absolute Gasteiger partial charge is 0.388 e. The van der Waals surface area contributed by atoms with Gasteiger partial charge in [-0.1, -0.05) is 33.6 Å². The van der Waals surface area contributed by atoms with Crippen LogP contribution in [0.25, 0.3) is 0 Å². The first-order valence-electron chi connectivity index (χ1n) is 7.01. The Morgan fingerprint density at radius 1 is 1.18 bits per heavy atom. The molecule has 0 radical (unpaired) electrons. The molecule has 2 saturated carbocycles. The van der Waals surface area contributed by atoms with E-state index in [9.17, 15) is 10.4 Å². The summed E-state index contributed by atoms with van der Waals surface area (Å²) in [6, 6.07) is 2.54. The molecular formula is C15H25NO. The minimum Gasteiger partial charge on any atom is -0.388 e. The summed E-state index contributed by atoms with van der Waals surface area (Å²) in [5.41, 5.74) is -1.38. The van der Waals surface area contributed by atoms with Crippen LogP contribution in [0.15, 0.2) is 0 Å². The van der Waals surface area contributed by atoms with Gasteiger partial charge in [-0.15, -0.1) is 0 Å². The number of nitriles is 1. The van der Waals surface area contributed by atoms with Gasteiger partial charge in [0.05, 0.1) is 17.1 Å². The van der Waals surface area contributed by atoms with Gasteiger partial charge in [-0.2, -0.15) is 5.26 Å². The summed E-state index contributed by atoms with van der Waals surface area (Å²) < 4.78 is 0. The number of rotatable bonds is 1. The van der Waals surface area contributed by atoms with Crippen molar-refractivity contribution >= 4 is 0 Å². The molecule has 0 amide bonds. The van der Waals surface area contributed by atoms with Crippen molar-refractivity contribution in [3.63, 3.8) is 0 Å². The molecule has 0 saturated heterocycles. The fraction of sp³-hybridized carbons (Fsp3) is 0.933. The van der Waals surface area contributed by atoms with E-state index in [0.29, 0.717) is 5.92 Å². The van der Waals surface area contributed by atoms with Crippen molar-refractivity contribution in [1.82, 2.24) is 0 Å². The molecule has 0 aromatic carbocycles. The maximum Gasteiger partial charge on any atom is 0.0883 e. The van der Waals surface area contributed by atoms with Gasteiger partial charge in [0.1, 0.15) is 0 Å². The van der Waals surface area contributed by atoms with Gasteiger partial charge in [-0.05, 0) is 43.4 Å². The first-order valence-corrected chi connectivity index (χ1v) is 7.01. The summed E-state index contributed by atoms with van der Waals surface area (Å²) in [5, 5.41) is 20.9. The minimum atomic E-state index is -0.774. The Balaban J connectivity index is 2.38. The highest BCUT2D eigenvalue weighted by atomic mass is 16.3. The molecule has 2 aliphatic carbocycles. The molecule has 96 valence electrons. The van der Waals surface area contributed by atoms with Crippen LogP contribution in [0.2, 0.25) is 0 Å². The Labute approximate surface area is 105 Å². The highest BCUT2D eigenvalue weighted by molar-refractivity contribution is 5.19. The minimum absolute atomic E-state index is 0.111. The molecule has 1 N–H and O–H groups in total. The fourth-order valence-corrected chi connectivity index (χ4v) is 4.34. The van der Waals surface area contributed by atoms with Crippen LogP contribution in [0.5, 0.6) is 0 Å². The van der Waals surface area contributed by atoms with Crippen LogP contribution in [0.3, 0.4) is 0 Å². The van der Waals surface area contributed by atoms with Gasteiger partial charge >= 0.3 is 0 Å². The first-order chi connectivity index (χ1) is 7.87. The number of nitrogens with zero attached hydrogens (tertiary/aromatic N) is 1. The Hall–Kier alpha value is -0.550. The van der Waals surface area contributed by atoms with Gasteiger partial charge in [0.25, 0.3) is 0 Å². The Bertz CT molecular complexity index is 343. The molecule has 0 spiro atoms. The average molecular weight is 235 g/mol. The second-order valence-corrected chi connectivity index (χ2v) is 6.99. The third-order valence-corrected chi connectivity index (χ3v) is 5.46.